The average Bonchev–Trinajstić information content (AvgIpc) is 2.45. The molecule has 0 bridgehead atoms. The van der Waals surface area contributed by atoms with Crippen molar-refractivity contribution in [2.24, 2.45) is 4.99 Å². The number of ether oxygens (including phenoxy) is 1. The molecule has 0 heterocycles. The Balaban J connectivity index is 0.00000441. The molecule has 1 amide bonds. The highest BCUT2D eigenvalue weighted by atomic mass is 127. The third-order valence-corrected chi connectivity index (χ3v) is 2.81. The van der Waals surface area contributed by atoms with Gasteiger partial charge < -0.3 is 19.9 Å². The molecule has 0 aromatic heterocycles. The maximum Gasteiger partial charge on any atom is 0.242 e. The lowest BCUT2D eigenvalue weighted by atomic mass is 10.2. The summed E-state index contributed by atoms with van der Waals surface area (Å²) in [6, 6.07) is 7.59. The first-order chi connectivity index (χ1) is 9.93. The fourth-order valence-corrected chi connectivity index (χ4v) is 1.83. The summed E-state index contributed by atoms with van der Waals surface area (Å²) in [6.45, 7) is 0.597. The summed E-state index contributed by atoms with van der Waals surface area (Å²) in [4.78, 5) is 19.9. The van der Waals surface area contributed by atoms with Crippen LogP contribution in [0, 0.1) is 0 Å². The van der Waals surface area contributed by atoms with Crippen LogP contribution in [-0.4, -0.2) is 63.5 Å². The monoisotopic (exact) mass is 420 g/mol. The van der Waals surface area contributed by atoms with Gasteiger partial charge in [0, 0.05) is 34.7 Å². The third-order valence-electron chi connectivity index (χ3n) is 2.81. The molecule has 0 saturated carbocycles. The number of carbonyl (C=O) groups is 1. The number of benzene rings is 1. The van der Waals surface area contributed by atoms with E-state index in [0.29, 0.717) is 6.54 Å². The summed E-state index contributed by atoms with van der Waals surface area (Å²) in [5, 5.41) is 2.85. The molecule has 1 rings (SSSR count). The van der Waals surface area contributed by atoms with Crippen molar-refractivity contribution in [2.75, 3.05) is 41.8 Å². The van der Waals surface area contributed by atoms with Crippen LogP contribution in [0.25, 0.3) is 0 Å². The highest BCUT2D eigenvalue weighted by molar-refractivity contribution is 14.0. The van der Waals surface area contributed by atoms with Crippen LogP contribution in [-0.2, 0) is 11.3 Å². The molecule has 0 unspecified atom stereocenters. The van der Waals surface area contributed by atoms with Crippen LogP contribution in [0.5, 0.6) is 5.75 Å². The van der Waals surface area contributed by atoms with E-state index in [1.54, 1.807) is 7.11 Å². The zero-order chi connectivity index (χ0) is 15.8. The van der Waals surface area contributed by atoms with Crippen molar-refractivity contribution in [3.8, 4) is 5.75 Å². The molecule has 1 N–H and O–H groups in total. The molecule has 6 nitrogen and oxygen atoms in total. The Kier molecular flexibility index (Phi) is 9.55. The Morgan fingerprint density at radius 2 is 1.68 bits per heavy atom. The van der Waals surface area contributed by atoms with E-state index in [9.17, 15) is 4.79 Å². The molecule has 0 spiro atoms. The number of carbonyl (C=O) groups excluding carboxylic acids is 1. The van der Waals surface area contributed by atoms with Crippen LogP contribution in [0.1, 0.15) is 5.56 Å². The number of amides is 1. The average molecular weight is 420 g/mol. The van der Waals surface area contributed by atoms with Gasteiger partial charge in [-0.2, -0.15) is 0 Å². The molecular weight excluding hydrogens is 395 g/mol. The molecule has 0 saturated heterocycles. The van der Waals surface area contributed by atoms with Gasteiger partial charge in [0.05, 0.1) is 7.11 Å². The van der Waals surface area contributed by atoms with Gasteiger partial charge in [-0.1, -0.05) is 12.1 Å². The van der Waals surface area contributed by atoms with Crippen molar-refractivity contribution >= 4 is 35.8 Å². The number of halogens is 1. The van der Waals surface area contributed by atoms with E-state index in [-0.39, 0.29) is 36.4 Å². The smallest absolute Gasteiger partial charge is 0.242 e. The minimum Gasteiger partial charge on any atom is -0.497 e. The molecule has 0 aliphatic carbocycles. The first-order valence-electron chi connectivity index (χ1n) is 6.72. The Morgan fingerprint density at radius 1 is 1.14 bits per heavy atom. The number of rotatable bonds is 5. The van der Waals surface area contributed by atoms with E-state index < -0.39 is 0 Å². The molecule has 1 aromatic rings. The van der Waals surface area contributed by atoms with Gasteiger partial charge in [0.2, 0.25) is 5.91 Å². The van der Waals surface area contributed by atoms with Crippen molar-refractivity contribution in [2.45, 2.75) is 6.54 Å². The molecule has 124 valence electrons. The molecule has 0 aliphatic rings. The normalized spacial score (nSPS) is 9.32. The molecule has 22 heavy (non-hydrogen) atoms. The van der Waals surface area contributed by atoms with E-state index in [2.05, 4.69) is 10.3 Å². The number of hydrogen-bond donors (Lipinski definition) is 1. The Hall–Kier alpha value is -1.51. The number of methoxy groups -OCH3 is 1. The van der Waals surface area contributed by atoms with Gasteiger partial charge in [-0.3, -0.25) is 4.79 Å². The van der Waals surface area contributed by atoms with E-state index >= 15 is 0 Å². The van der Waals surface area contributed by atoms with E-state index in [1.165, 1.54) is 0 Å². The zero-order valence-electron chi connectivity index (χ0n) is 13.8. The first kappa shape index (κ1) is 20.5. The summed E-state index contributed by atoms with van der Waals surface area (Å²) < 4.78 is 5.09. The maximum absolute atomic E-state index is 11.8. The minimum atomic E-state index is -0.105. The number of nitrogens with zero attached hydrogens (tertiary/aromatic N) is 3. The molecule has 1 aromatic carbocycles. The predicted molar refractivity (Wildman–Crippen MR) is 99.9 cm³/mol. The van der Waals surface area contributed by atoms with Crippen molar-refractivity contribution in [1.82, 2.24) is 15.1 Å². The lowest BCUT2D eigenvalue weighted by Crippen LogP contribution is -2.36. The zero-order valence-corrected chi connectivity index (χ0v) is 16.1. The lowest BCUT2D eigenvalue weighted by Gasteiger charge is -2.22. The number of aliphatic imine (C=N–C) groups is 1. The standard InChI is InChI=1S/C15H24N4O2.HI/c1-18(2)15(19(3)4)17-11-14(20)16-10-12-6-8-13(21-5)9-7-12;/h6-9H,10-11H2,1-5H3,(H,16,20);1H. The van der Waals surface area contributed by atoms with Crippen molar-refractivity contribution < 1.29 is 9.53 Å². The summed E-state index contributed by atoms with van der Waals surface area (Å²) in [7, 11) is 9.21. The summed E-state index contributed by atoms with van der Waals surface area (Å²) in [5.41, 5.74) is 1.02. The van der Waals surface area contributed by atoms with Crippen molar-refractivity contribution in [1.29, 1.82) is 0 Å². The number of guanidine groups is 1. The number of nitrogens with one attached hydrogen (secondary N) is 1. The van der Waals surface area contributed by atoms with E-state index in [4.69, 9.17) is 4.74 Å². The molecular formula is C15H25IN4O2. The van der Waals surface area contributed by atoms with Crippen LogP contribution in [0.2, 0.25) is 0 Å². The van der Waals surface area contributed by atoms with Crippen LogP contribution in [0.15, 0.2) is 29.3 Å². The number of hydrogen-bond acceptors (Lipinski definition) is 3. The van der Waals surface area contributed by atoms with Gasteiger partial charge in [0.15, 0.2) is 5.96 Å². The van der Waals surface area contributed by atoms with Gasteiger partial charge in [-0.25, -0.2) is 4.99 Å². The van der Waals surface area contributed by atoms with E-state index in [1.807, 2.05) is 62.3 Å². The van der Waals surface area contributed by atoms with Gasteiger partial charge in [-0.05, 0) is 17.7 Å². The highest BCUT2D eigenvalue weighted by Crippen LogP contribution is 2.10. The first-order valence-corrected chi connectivity index (χ1v) is 6.72. The second-order valence-corrected chi connectivity index (χ2v) is 5.03. The fourth-order valence-electron chi connectivity index (χ4n) is 1.83. The minimum absolute atomic E-state index is 0. The van der Waals surface area contributed by atoms with Crippen LogP contribution < -0.4 is 10.1 Å². The van der Waals surface area contributed by atoms with Crippen LogP contribution in [0.4, 0.5) is 0 Å². The lowest BCUT2D eigenvalue weighted by molar-refractivity contribution is -0.119. The summed E-state index contributed by atoms with van der Waals surface area (Å²) >= 11 is 0. The molecule has 7 heteroatoms. The van der Waals surface area contributed by atoms with Crippen LogP contribution >= 0.6 is 24.0 Å². The predicted octanol–water partition coefficient (Wildman–Crippen LogP) is 1.41. The van der Waals surface area contributed by atoms with E-state index in [0.717, 1.165) is 17.3 Å². The Labute approximate surface area is 149 Å². The highest BCUT2D eigenvalue weighted by Gasteiger charge is 2.06. The van der Waals surface area contributed by atoms with Gasteiger partial charge >= 0.3 is 0 Å². The maximum atomic E-state index is 11.8. The molecule has 0 aliphatic heterocycles. The SMILES string of the molecule is COc1ccc(CNC(=O)CN=C(N(C)C)N(C)C)cc1.I. The van der Waals surface area contributed by atoms with Crippen LogP contribution in [0.3, 0.4) is 0 Å². The topological polar surface area (TPSA) is 57.2 Å². The quantitative estimate of drug-likeness (QED) is 0.445. The Morgan fingerprint density at radius 3 is 2.14 bits per heavy atom. The molecule has 0 fully saturated rings. The fraction of sp³-hybridized carbons (Fsp3) is 0.467. The Bertz CT molecular complexity index is 477. The molecule has 0 radical (unpaired) electrons. The second-order valence-electron chi connectivity index (χ2n) is 5.03. The summed E-state index contributed by atoms with van der Waals surface area (Å²) in [6.07, 6.45) is 0. The summed E-state index contributed by atoms with van der Waals surface area (Å²) in [5.74, 6) is 1.46. The van der Waals surface area contributed by atoms with Crippen molar-refractivity contribution in [3.05, 3.63) is 29.8 Å². The van der Waals surface area contributed by atoms with Gasteiger partial charge in [0.1, 0.15) is 12.3 Å². The third kappa shape index (κ3) is 6.97. The van der Waals surface area contributed by atoms with Crippen molar-refractivity contribution in [3.63, 3.8) is 0 Å². The second kappa shape index (κ2) is 10.3. The van der Waals surface area contributed by atoms with Gasteiger partial charge in [0.25, 0.3) is 0 Å². The van der Waals surface area contributed by atoms with Gasteiger partial charge in [-0.15, -0.1) is 24.0 Å². The molecule has 0 atom stereocenters. The largest absolute Gasteiger partial charge is 0.497 e.